The normalized spacial score (nSPS) is 12.9. The van der Waals surface area contributed by atoms with E-state index in [4.69, 9.17) is 10.5 Å². The highest BCUT2D eigenvalue weighted by atomic mass is 16.6. The number of amides is 1. The molecular weight excluding hydrogens is 240 g/mol. The minimum absolute atomic E-state index is 0.270. The van der Waals surface area contributed by atoms with Gasteiger partial charge in [0.2, 0.25) is 0 Å². The van der Waals surface area contributed by atoms with Crippen molar-refractivity contribution < 1.29 is 9.53 Å². The Morgan fingerprint density at radius 3 is 2.58 bits per heavy atom. The quantitative estimate of drug-likeness (QED) is 0.912. The van der Waals surface area contributed by atoms with E-state index in [2.05, 4.69) is 6.92 Å². The lowest BCUT2D eigenvalue weighted by Gasteiger charge is -2.25. The van der Waals surface area contributed by atoms with Gasteiger partial charge < -0.3 is 10.5 Å². The maximum Gasteiger partial charge on any atom is 0.414 e. The summed E-state index contributed by atoms with van der Waals surface area (Å²) in [5.74, 6) is 0.270. The van der Waals surface area contributed by atoms with Crippen LogP contribution < -0.4 is 10.6 Å². The molecule has 0 aromatic heterocycles. The summed E-state index contributed by atoms with van der Waals surface area (Å²) in [7, 11) is 1.71. The minimum Gasteiger partial charge on any atom is -0.443 e. The highest BCUT2D eigenvalue weighted by Gasteiger charge is 2.20. The first-order valence-electron chi connectivity index (χ1n) is 6.51. The second-order valence-electron chi connectivity index (χ2n) is 5.77. The number of ether oxygens (including phenoxy) is 1. The molecule has 4 nitrogen and oxygen atoms in total. The summed E-state index contributed by atoms with van der Waals surface area (Å²) in [6.45, 7) is 8.20. The van der Waals surface area contributed by atoms with Crippen molar-refractivity contribution in [1.29, 1.82) is 0 Å². The van der Waals surface area contributed by atoms with Crippen molar-refractivity contribution in [2.75, 3.05) is 18.5 Å². The van der Waals surface area contributed by atoms with Gasteiger partial charge in [-0.3, -0.25) is 4.90 Å². The van der Waals surface area contributed by atoms with Crippen LogP contribution in [0.1, 0.15) is 39.2 Å². The lowest BCUT2D eigenvalue weighted by atomic mass is 10.0. The average Bonchev–Trinajstić information content (AvgIpc) is 2.35. The second-order valence-corrected chi connectivity index (χ2v) is 5.77. The number of hydrogen-bond donors (Lipinski definition) is 1. The summed E-state index contributed by atoms with van der Waals surface area (Å²) >= 11 is 0. The topological polar surface area (TPSA) is 55.6 Å². The van der Waals surface area contributed by atoms with E-state index in [1.807, 2.05) is 45.0 Å². The van der Waals surface area contributed by atoms with Gasteiger partial charge >= 0.3 is 6.09 Å². The van der Waals surface area contributed by atoms with Crippen molar-refractivity contribution >= 4 is 11.8 Å². The first kappa shape index (κ1) is 15.5. The fourth-order valence-corrected chi connectivity index (χ4v) is 1.61. The van der Waals surface area contributed by atoms with Crippen molar-refractivity contribution in [3.05, 3.63) is 29.8 Å². The number of nitrogens with zero attached hydrogens (tertiary/aromatic N) is 1. The first-order chi connectivity index (χ1) is 8.74. The van der Waals surface area contributed by atoms with Crippen molar-refractivity contribution in [2.24, 2.45) is 5.73 Å². The SMILES string of the molecule is CC(CN)c1cccc(N(C)C(=O)OC(C)(C)C)c1. The summed E-state index contributed by atoms with van der Waals surface area (Å²) in [5, 5.41) is 0. The lowest BCUT2D eigenvalue weighted by Crippen LogP contribution is -2.34. The molecule has 1 amide bonds. The van der Waals surface area contributed by atoms with Crippen LogP contribution in [0.5, 0.6) is 0 Å². The molecule has 0 saturated heterocycles. The Hall–Kier alpha value is -1.55. The van der Waals surface area contributed by atoms with Crippen LogP contribution in [0.4, 0.5) is 10.5 Å². The summed E-state index contributed by atoms with van der Waals surface area (Å²) in [6.07, 6.45) is -0.356. The minimum atomic E-state index is -0.493. The van der Waals surface area contributed by atoms with E-state index >= 15 is 0 Å². The van der Waals surface area contributed by atoms with E-state index in [1.54, 1.807) is 7.05 Å². The van der Waals surface area contributed by atoms with Gasteiger partial charge in [0.15, 0.2) is 0 Å². The van der Waals surface area contributed by atoms with Crippen LogP contribution >= 0.6 is 0 Å². The fraction of sp³-hybridized carbons (Fsp3) is 0.533. The zero-order chi connectivity index (χ0) is 14.6. The van der Waals surface area contributed by atoms with Gasteiger partial charge in [-0.25, -0.2) is 4.79 Å². The average molecular weight is 264 g/mol. The molecule has 1 aromatic rings. The third-order valence-corrected chi connectivity index (χ3v) is 2.85. The molecule has 0 fully saturated rings. The van der Waals surface area contributed by atoms with Gasteiger partial charge in [0.05, 0.1) is 0 Å². The van der Waals surface area contributed by atoms with Gasteiger partial charge in [0, 0.05) is 12.7 Å². The first-order valence-corrected chi connectivity index (χ1v) is 6.51. The second kappa shape index (κ2) is 6.06. The zero-order valence-electron chi connectivity index (χ0n) is 12.4. The predicted octanol–water partition coefficient (Wildman–Crippen LogP) is 3.12. The monoisotopic (exact) mass is 264 g/mol. The molecule has 0 radical (unpaired) electrons. The molecule has 19 heavy (non-hydrogen) atoms. The van der Waals surface area contributed by atoms with Crippen molar-refractivity contribution in [1.82, 2.24) is 0 Å². The molecule has 106 valence electrons. The molecule has 0 heterocycles. The molecule has 2 N–H and O–H groups in total. The number of carbonyl (C=O) groups excluding carboxylic acids is 1. The van der Waals surface area contributed by atoms with Crippen molar-refractivity contribution in [3.63, 3.8) is 0 Å². The number of rotatable bonds is 3. The van der Waals surface area contributed by atoms with Crippen LogP contribution in [-0.2, 0) is 4.74 Å². The Labute approximate surface area is 115 Å². The van der Waals surface area contributed by atoms with Crippen LogP contribution in [0.3, 0.4) is 0 Å². The molecule has 0 bridgehead atoms. The van der Waals surface area contributed by atoms with Gasteiger partial charge in [-0.15, -0.1) is 0 Å². The van der Waals surface area contributed by atoms with Crippen LogP contribution in [0.15, 0.2) is 24.3 Å². The molecular formula is C15H24N2O2. The Morgan fingerprint density at radius 2 is 2.05 bits per heavy atom. The summed E-state index contributed by atoms with van der Waals surface area (Å²) in [6, 6.07) is 7.81. The maximum absolute atomic E-state index is 12.0. The maximum atomic E-state index is 12.0. The van der Waals surface area contributed by atoms with E-state index < -0.39 is 5.60 Å². The van der Waals surface area contributed by atoms with Crippen LogP contribution in [0.2, 0.25) is 0 Å². The largest absolute Gasteiger partial charge is 0.443 e. The summed E-state index contributed by atoms with van der Waals surface area (Å²) < 4.78 is 5.34. The Kier molecular flexibility index (Phi) is 4.95. The van der Waals surface area contributed by atoms with Crippen LogP contribution in [0.25, 0.3) is 0 Å². The fourth-order valence-electron chi connectivity index (χ4n) is 1.61. The van der Waals surface area contributed by atoms with Crippen molar-refractivity contribution in [2.45, 2.75) is 39.2 Å². The molecule has 4 heteroatoms. The van der Waals surface area contributed by atoms with Gasteiger partial charge in [-0.2, -0.15) is 0 Å². The smallest absolute Gasteiger partial charge is 0.414 e. The molecule has 0 saturated carbocycles. The molecule has 0 aliphatic carbocycles. The summed E-state index contributed by atoms with van der Waals surface area (Å²) in [4.78, 5) is 13.5. The van der Waals surface area contributed by atoms with Gasteiger partial charge in [0.25, 0.3) is 0 Å². The predicted molar refractivity (Wildman–Crippen MR) is 78.5 cm³/mol. The van der Waals surface area contributed by atoms with E-state index in [1.165, 1.54) is 4.90 Å². The van der Waals surface area contributed by atoms with Crippen LogP contribution in [-0.4, -0.2) is 25.3 Å². The highest BCUT2D eigenvalue weighted by Crippen LogP contribution is 2.22. The van der Waals surface area contributed by atoms with E-state index in [0.29, 0.717) is 6.54 Å². The highest BCUT2D eigenvalue weighted by molar-refractivity contribution is 5.87. The number of nitrogens with two attached hydrogens (primary N) is 1. The summed E-state index contributed by atoms with van der Waals surface area (Å²) in [5.41, 5.74) is 7.11. The molecule has 0 aliphatic rings. The number of benzene rings is 1. The number of anilines is 1. The molecule has 0 aliphatic heterocycles. The van der Waals surface area contributed by atoms with Gasteiger partial charge in [-0.05, 0) is 50.9 Å². The molecule has 1 aromatic carbocycles. The Balaban J connectivity index is 2.88. The van der Waals surface area contributed by atoms with Gasteiger partial charge in [-0.1, -0.05) is 19.1 Å². The van der Waals surface area contributed by atoms with E-state index in [-0.39, 0.29) is 12.0 Å². The zero-order valence-corrected chi connectivity index (χ0v) is 12.4. The van der Waals surface area contributed by atoms with E-state index in [9.17, 15) is 4.79 Å². The third kappa shape index (κ3) is 4.56. The van der Waals surface area contributed by atoms with E-state index in [0.717, 1.165) is 11.3 Å². The third-order valence-electron chi connectivity index (χ3n) is 2.85. The molecule has 1 rings (SSSR count). The Bertz CT molecular complexity index is 438. The lowest BCUT2D eigenvalue weighted by molar-refractivity contribution is 0.0589. The number of hydrogen-bond acceptors (Lipinski definition) is 3. The number of carbonyl (C=O) groups is 1. The Morgan fingerprint density at radius 1 is 1.42 bits per heavy atom. The molecule has 0 spiro atoms. The van der Waals surface area contributed by atoms with Gasteiger partial charge in [0.1, 0.15) is 5.60 Å². The molecule has 1 atom stereocenters. The van der Waals surface area contributed by atoms with Crippen LogP contribution in [0, 0.1) is 0 Å². The standard InChI is InChI=1S/C15H24N2O2/c1-11(10-16)12-7-6-8-13(9-12)17(5)14(18)19-15(2,3)4/h6-9,11H,10,16H2,1-5H3. The molecule has 1 unspecified atom stereocenters. The van der Waals surface area contributed by atoms with Crippen molar-refractivity contribution in [3.8, 4) is 0 Å².